The number of carbonyl (C=O) groups is 1. The number of nitrogens with zero attached hydrogens (tertiary/aromatic N) is 1. The molecule has 0 saturated heterocycles. The topological polar surface area (TPSA) is 57.7 Å². The van der Waals surface area contributed by atoms with Crippen molar-refractivity contribution in [2.45, 2.75) is 6.61 Å². The molecule has 110 valence electrons. The van der Waals surface area contributed by atoms with Gasteiger partial charge in [-0.05, 0) is 34.1 Å². The number of carbonyl (C=O) groups excluding carboxylic acids is 1. The van der Waals surface area contributed by atoms with Crippen LogP contribution in [0.15, 0.2) is 41.1 Å². The summed E-state index contributed by atoms with van der Waals surface area (Å²) in [6.07, 6.45) is 3.42. The van der Waals surface area contributed by atoms with E-state index in [4.69, 9.17) is 14.2 Å². The minimum atomic E-state index is -0.437. The maximum Gasteiger partial charge on any atom is 0.338 e. The zero-order valence-corrected chi connectivity index (χ0v) is 13.2. The summed E-state index contributed by atoms with van der Waals surface area (Å²) in [7, 11) is 2.84. The van der Waals surface area contributed by atoms with Crippen molar-refractivity contribution in [1.29, 1.82) is 0 Å². The Morgan fingerprint density at radius 3 is 2.76 bits per heavy atom. The molecule has 0 atom stereocenters. The molecule has 0 unspecified atom stereocenters. The average molecular weight is 352 g/mol. The van der Waals surface area contributed by atoms with Crippen molar-refractivity contribution < 1.29 is 19.0 Å². The molecule has 0 aliphatic rings. The standard InChI is InChI=1S/C15H14BrNO4/c1-19-13-7-11(15(18)20-2)6-12(16)14(13)21-9-10-4-3-5-17-8-10/h3-8H,9H2,1-2H3. The Kier molecular flexibility index (Phi) is 5.16. The van der Waals surface area contributed by atoms with Crippen molar-refractivity contribution in [3.05, 3.63) is 52.3 Å². The zero-order chi connectivity index (χ0) is 15.2. The van der Waals surface area contributed by atoms with Crippen LogP contribution in [0.3, 0.4) is 0 Å². The van der Waals surface area contributed by atoms with Gasteiger partial charge in [-0.2, -0.15) is 0 Å². The first kappa shape index (κ1) is 15.3. The van der Waals surface area contributed by atoms with Crippen molar-refractivity contribution >= 4 is 21.9 Å². The fraction of sp³-hybridized carbons (Fsp3) is 0.200. The molecule has 1 heterocycles. The van der Waals surface area contributed by atoms with E-state index in [9.17, 15) is 4.79 Å². The lowest BCUT2D eigenvalue weighted by Crippen LogP contribution is -2.04. The van der Waals surface area contributed by atoms with Gasteiger partial charge in [0.2, 0.25) is 0 Å². The van der Waals surface area contributed by atoms with Gasteiger partial charge in [0, 0.05) is 18.0 Å². The Morgan fingerprint density at radius 1 is 1.33 bits per heavy atom. The van der Waals surface area contributed by atoms with Gasteiger partial charge in [-0.3, -0.25) is 4.98 Å². The van der Waals surface area contributed by atoms with E-state index in [1.165, 1.54) is 14.2 Å². The third-order valence-electron chi connectivity index (χ3n) is 2.76. The van der Waals surface area contributed by atoms with E-state index in [1.807, 2.05) is 12.1 Å². The number of methoxy groups -OCH3 is 2. The summed E-state index contributed by atoms with van der Waals surface area (Å²) >= 11 is 3.38. The fourth-order valence-corrected chi connectivity index (χ4v) is 2.29. The highest BCUT2D eigenvalue weighted by molar-refractivity contribution is 9.10. The molecule has 6 heteroatoms. The number of hydrogen-bond acceptors (Lipinski definition) is 5. The Bertz CT molecular complexity index is 631. The number of hydrogen-bond donors (Lipinski definition) is 0. The van der Waals surface area contributed by atoms with Gasteiger partial charge in [0.15, 0.2) is 11.5 Å². The molecule has 0 spiro atoms. The quantitative estimate of drug-likeness (QED) is 0.774. The van der Waals surface area contributed by atoms with Gasteiger partial charge in [0.1, 0.15) is 6.61 Å². The lowest BCUT2D eigenvalue weighted by atomic mass is 10.2. The van der Waals surface area contributed by atoms with Gasteiger partial charge >= 0.3 is 5.97 Å². The summed E-state index contributed by atoms with van der Waals surface area (Å²) < 4.78 is 16.3. The smallest absolute Gasteiger partial charge is 0.338 e. The third-order valence-corrected chi connectivity index (χ3v) is 3.35. The van der Waals surface area contributed by atoms with Crippen molar-refractivity contribution in [1.82, 2.24) is 4.98 Å². The lowest BCUT2D eigenvalue weighted by Gasteiger charge is -2.13. The molecule has 2 aromatic rings. The molecule has 0 saturated carbocycles. The Labute approximate surface area is 131 Å². The monoisotopic (exact) mass is 351 g/mol. The summed E-state index contributed by atoms with van der Waals surface area (Å²) in [5.41, 5.74) is 1.32. The second-order valence-electron chi connectivity index (χ2n) is 4.13. The van der Waals surface area contributed by atoms with Crippen LogP contribution in [-0.2, 0) is 11.3 Å². The highest BCUT2D eigenvalue weighted by Gasteiger charge is 2.16. The van der Waals surface area contributed by atoms with Crippen LogP contribution in [0.4, 0.5) is 0 Å². The molecule has 0 fully saturated rings. The molecule has 0 N–H and O–H groups in total. The summed E-state index contributed by atoms with van der Waals surface area (Å²) in [6.45, 7) is 0.348. The highest BCUT2D eigenvalue weighted by atomic mass is 79.9. The number of aromatic nitrogens is 1. The molecular weight excluding hydrogens is 338 g/mol. The summed E-state index contributed by atoms with van der Waals surface area (Å²) in [4.78, 5) is 15.6. The molecular formula is C15H14BrNO4. The first-order valence-corrected chi connectivity index (χ1v) is 6.92. The highest BCUT2D eigenvalue weighted by Crippen LogP contribution is 2.37. The van der Waals surface area contributed by atoms with Gasteiger partial charge in [-0.1, -0.05) is 6.07 Å². The van der Waals surface area contributed by atoms with Crippen LogP contribution in [-0.4, -0.2) is 25.2 Å². The maximum atomic E-state index is 11.6. The number of benzene rings is 1. The van der Waals surface area contributed by atoms with Crippen molar-refractivity contribution in [2.75, 3.05) is 14.2 Å². The van der Waals surface area contributed by atoms with Crippen LogP contribution in [0.1, 0.15) is 15.9 Å². The Hall–Kier alpha value is -2.08. The van der Waals surface area contributed by atoms with Gasteiger partial charge in [0.25, 0.3) is 0 Å². The number of ether oxygens (including phenoxy) is 3. The normalized spacial score (nSPS) is 10.0. The first-order chi connectivity index (χ1) is 10.2. The largest absolute Gasteiger partial charge is 0.493 e. The summed E-state index contributed by atoms with van der Waals surface area (Å²) in [6, 6.07) is 6.96. The maximum absolute atomic E-state index is 11.6. The van der Waals surface area contributed by atoms with E-state index in [0.717, 1.165) is 5.56 Å². The molecule has 1 aromatic heterocycles. The van der Waals surface area contributed by atoms with E-state index >= 15 is 0 Å². The van der Waals surface area contributed by atoms with Crippen LogP contribution in [0.5, 0.6) is 11.5 Å². The molecule has 0 aliphatic carbocycles. The van der Waals surface area contributed by atoms with E-state index in [1.54, 1.807) is 24.5 Å². The first-order valence-electron chi connectivity index (χ1n) is 6.13. The predicted molar refractivity (Wildman–Crippen MR) is 80.6 cm³/mol. The number of rotatable bonds is 5. The number of esters is 1. The molecule has 5 nitrogen and oxygen atoms in total. The third kappa shape index (κ3) is 3.72. The van der Waals surface area contributed by atoms with Gasteiger partial charge in [-0.15, -0.1) is 0 Å². The second kappa shape index (κ2) is 7.08. The molecule has 0 aliphatic heterocycles. The molecule has 0 amide bonds. The van der Waals surface area contributed by atoms with Crippen molar-refractivity contribution in [2.24, 2.45) is 0 Å². The van der Waals surface area contributed by atoms with E-state index in [-0.39, 0.29) is 0 Å². The molecule has 1 aromatic carbocycles. The van der Waals surface area contributed by atoms with Crippen molar-refractivity contribution in [3.63, 3.8) is 0 Å². The van der Waals surface area contributed by atoms with Crippen LogP contribution < -0.4 is 9.47 Å². The summed E-state index contributed by atoms with van der Waals surface area (Å²) in [5, 5.41) is 0. The fourth-order valence-electron chi connectivity index (χ4n) is 1.73. The molecule has 0 radical (unpaired) electrons. The Balaban J connectivity index is 2.24. The average Bonchev–Trinajstić information content (AvgIpc) is 2.53. The van der Waals surface area contributed by atoms with Crippen LogP contribution in [0, 0.1) is 0 Å². The number of pyridine rings is 1. The van der Waals surface area contributed by atoms with Crippen molar-refractivity contribution in [3.8, 4) is 11.5 Å². The van der Waals surface area contributed by atoms with Crippen LogP contribution in [0.25, 0.3) is 0 Å². The van der Waals surface area contributed by atoms with E-state index < -0.39 is 5.97 Å². The zero-order valence-electron chi connectivity index (χ0n) is 11.6. The van der Waals surface area contributed by atoms with E-state index in [2.05, 4.69) is 20.9 Å². The van der Waals surface area contributed by atoms with Gasteiger partial charge in [-0.25, -0.2) is 4.79 Å². The SMILES string of the molecule is COC(=O)c1cc(Br)c(OCc2cccnc2)c(OC)c1. The molecule has 0 bridgehead atoms. The second-order valence-corrected chi connectivity index (χ2v) is 4.99. The molecule has 21 heavy (non-hydrogen) atoms. The minimum absolute atomic E-state index is 0.348. The van der Waals surface area contributed by atoms with Crippen LogP contribution in [0.2, 0.25) is 0 Å². The predicted octanol–water partition coefficient (Wildman–Crippen LogP) is 3.22. The van der Waals surface area contributed by atoms with Gasteiger partial charge < -0.3 is 14.2 Å². The van der Waals surface area contributed by atoms with Gasteiger partial charge in [0.05, 0.1) is 24.3 Å². The minimum Gasteiger partial charge on any atom is -0.493 e. The molecule has 2 rings (SSSR count). The number of halogens is 1. The lowest BCUT2D eigenvalue weighted by molar-refractivity contribution is 0.0600. The van der Waals surface area contributed by atoms with Crippen LogP contribution >= 0.6 is 15.9 Å². The van der Waals surface area contributed by atoms with E-state index in [0.29, 0.717) is 28.1 Å². The Morgan fingerprint density at radius 2 is 2.14 bits per heavy atom. The summed E-state index contributed by atoms with van der Waals surface area (Å²) in [5.74, 6) is 0.537.